The number of hydrogen-bond acceptors (Lipinski definition) is 3. The molecule has 0 bridgehead atoms. The number of rotatable bonds is 4. The Morgan fingerprint density at radius 2 is 1.71 bits per heavy atom. The maximum absolute atomic E-state index is 9.60. The van der Waals surface area contributed by atoms with Crippen LogP contribution in [0.15, 0.2) is 76.5 Å². The minimum absolute atomic E-state index is 0.506. The fraction of sp³-hybridized carbons (Fsp3) is 0.0435. The second-order valence-electron chi connectivity index (χ2n) is 6.40. The molecular formula is C23H16ClN3S. The standard InChI is InChI=1S/C23H16ClN3S/c1-15-2-11-21-22(12-15)27-23(26-21)17(14-25)13-16-3-7-19(8-4-16)28-20-9-5-18(24)6-10-20/h2-13H,1H3,(H,26,27). The number of nitrogens with zero attached hydrogens (tertiary/aromatic N) is 2. The van der Waals surface area contributed by atoms with Gasteiger partial charge in [-0.05, 0) is 72.7 Å². The number of nitriles is 1. The minimum Gasteiger partial charge on any atom is -0.337 e. The number of benzene rings is 3. The SMILES string of the molecule is Cc1ccc2nc(C(C#N)=Cc3ccc(Sc4ccc(Cl)cc4)cc3)[nH]c2c1. The van der Waals surface area contributed by atoms with Gasteiger partial charge in [-0.2, -0.15) is 5.26 Å². The van der Waals surface area contributed by atoms with Crippen molar-refractivity contribution in [2.24, 2.45) is 0 Å². The summed E-state index contributed by atoms with van der Waals surface area (Å²) >= 11 is 7.60. The summed E-state index contributed by atoms with van der Waals surface area (Å²) in [6, 6.07) is 24.1. The molecule has 136 valence electrons. The van der Waals surface area contributed by atoms with E-state index in [1.807, 2.05) is 79.7 Å². The van der Waals surface area contributed by atoms with Crippen molar-refractivity contribution in [3.05, 3.63) is 88.7 Å². The maximum atomic E-state index is 9.60. The topological polar surface area (TPSA) is 52.5 Å². The number of nitrogens with one attached hydrogen (secondary N) is 1. The molecular weight excluding hydrogens is 386 g/mol. The normalized spacial score (nSPS) is 11.5. The number of allylic oxidation sites excluding steroid dienone is 1. The van der Waals surface area contributed by atoms with Crippen LogP contribution in [0.1, 0.15) is 17.0 Å². The molecule has 0 spiro atoms. The molecule has 0 aliphatic carbocycles. The molecule has 0 amide bonds. The second-order valence-corrected chi connectivity index (χ2v) is 7.98. The molecule has 1 heterocycles. The molecule has 0 fully saturated rings. The predicted molar refractivity (Wildman–Crippen MR) is 116 cm³/mol. The first-order chi connectivity index (χ1) is 13.6. The van der Waals surface area contributed by atoms with Crippen molar-refractivity contribution in [1.82, 2.24) is 9.97 Å². The van der Waals surface area contributed by atoms with Crippen LogP contribution in [0.4, 0.5) is 0 Å². The molecule has 4 rings (SSSR count). The summed E-state index contributed by atoms with van der Waals surface area (Å²) in [6.07, 6.45) is 1.85. The number of fused-ring (bicyclic) bond motifs is 1. The van der Waals surface area contributed by atoms with Crippen molar-refractivity contribution in [1.29, 1.82) is 5.26 Å². The lowest BCUT2D eigenvalue weighted by molar-refractivity contribution is 1.27. The number of H-pyrrole nitrogens is 1. The molecule has 0 saturated carbocycles. The Labute approximate surface area is 172 Å². The van der Waals surface area contributed by atoms with Crippen LogP contribution in [0, 0.1) is 18.3 Å². The molecule has 0 saturated heterocycles. The third-order valence-electron chi connectivity index (χ3n) is 4.25. The molecule has 0 atom stereocenters. The van der Waals surface area contributed by atoms with Gasteiger partial charge in [0.05, 0.1) is 16.6 Å². The second kappa shape index (κ2) is 7.93. The lowest BCUT2D eigenvalue weighted by Crippen LogP contribution is -1.85. The summed E-state index contributed by atoms with van der Waals surface area (Å²) < 4.78 is 0. The first-order valence-corrected chi connectivity index (χ1v) is 9.92. The number of aryl methyl sites for hydroxylation is 1. The Morgan fingerprint density at radius 1 is 1.04 bits per heavy atom. The fourth-order valence-corrected chi connectivity index (χ4v) is 3.78. The molecule has 28 heavy (non-hydrogen) atoms. The average molecular weight is 402 g/mol. The zero-order chi connectivity index (χ0) is 19.5. The van der Waals surface area contributed by atoms with Gasteiger partial charge in [-0.3, -0.25) is 0 Å². The van der Waals surface area contributed by atoms with Crippen molar-refractivity contribution < 1.29 is 0 Å². The van der Waals surface area contributed by atoms with Crippen LogP contribution < -0.4 is 0 Å². The van der Waals surface area contributed by atoms with Crippen LogP contribution >= 0.6 is 23.4 Å². The molecule has 5 heteroatoms. The highest BCUT2D eigenvalue weighted by molar-refractivity contribution is 7.99. The van der Waals surface area contributed by atoms with E-state index in [4.69, 9.17) is 11.6 Å². The van der Waals surface area contributed by atoms with E-state index in [9.17, 15) is 5.26 Å². The van der Waals surface area contributed by atoms with Crippen LogP contribution in [-0.4, -0.2) is 9.97 Å². The highest BCUT2D eigenvalue weighted by Crippen LogP contribution is 2.29. The number of halogens is 1. The zero-order valence-electron chi connectivity index (χ0n) is 15.1. The van der Waals surface area contributed by atoms with Gasteiger partial charge in [-0.15, -0.1) is 0 Å². The van der Waals surface area contributed by atoms with Gasteiger partial charge in [0, 0.05) is 14.8 Å². The minimum atomic E-state index is 0.506. The summed E-state index contributed by atoms with van der Waals surface area (Å²) in [6.45, 7) is 2.03. The quantitative estimate of drug-likeness (QED) is 0.385. The Hall–Kier alpha value is -3.00. The van der Waals surface area contributed by atoms with Gasteiger partial charge in [0.15, 0.2) is 0 Å². The van der Waals surface area contributed by atoms with Gasteiger partial charge in [0.25, 0.3) is 0 Å². The smallest absolute Gasteiger partial charge is 0.149 e. The zero-order valence-corrected chi connectivity index (χ0v) is 16.7. The van der Waals surface area contributed by atoms with Crippen molar-refractivity contribution in [3.8, 4) is 6.07 Å². The van der Waals surface area contributed by atoms with E-state index < -0.39 is 0 Å². The summed E-state index contributed by atoms with van der Waals surface area (Å²) in [5.74, 6) is 0.586. The van der Waals surface area contributed by atoms with Gasteiger partial charge in [-0.1, -0.05) is 41.6 Å². The fourth-order valence-electron chi connectivity index (χ4n) is 2.84. The van der Waals surface area contributed by atoms with Crippen LogP contribution in [-0.2, 0) is 0 Å². The first-order valence-electron chi connectivity index (χ1n) is 8.73. The number of aromatic nitrogens is 2. The highest BCUT2D eigenvalue weighted by Gasteiger charge is 2.08. The molecule has 0 aliphatic rings. The third kappa shape index (κ3) is 4.12. The molecule has 1 aromatic heterocycles. The van der Waals surface area contributed by atoms with Crippen molar-refractivity contribution in [2.45, 2.75) is 16.7 Å². The van der Waals surface area contributed by atoms with E-state index in [0.29, 0.717) is 11.4 Å². The first kappa shape index (κ1) is 18.4. The van der Waals surface area contributed by atoms with Crippen molar-refractivity contribution in [3.63, 3.8) is 0 Å². The number of aromatic amines is 1. The number of hydrogen-bond donors (Lipinski definition) is 1. The molecule has 3 aromatic carbocycles. The molecule has 1 N–H and O–H groups in total. The van der Waals surface area contributed by atoms with Crippen LogP contribution in [0.25, 0.3) is 22.7 Å². The summed E-state index contributed by atoms with van der Waals surface area (Å²) in [5.41, 5.74) is 4.40. The highest BCUT2D eigenvalue weighted by atomic mass is 35.5. The Bertz CT molecular complexity index is 1200. The van der Waals surface area contributed by atoms with Gasteiger partial charge >= 0.3 is 0 Å². The summed E-state index contributed by atoms with van der Waals surface area (Å²) in [5, 5.41) is 10.3. The van der Waals surface area contributed by atoms with Gasteiger partial charge in [-0.25, -0.2) is 4.98 Å². The molecule has 0 aliphatic heterocycles. The van der Waals surface area contributed by atoms with E-state index in [0.717, 1.165) is 37.0 Å². The van der Waals surface area contributed by atoms with Crippen molar-refractivity contribution >= 4 is 46.0 Å². The van der Waals surface area contributed by atoms with E-state index >= 15 is 0 Å². The molecule has 3 nitrogen and oxygen atoms in total. The number of imidazole rings is 1. The summed E-state index contributed by atoms with van der Waals surface area (Å²) in [7, 11) is 0. The van der Waals surface area contributed by atoms with Gasteiger partial charge in [0.1, 0.15) is 11.9 Å². The van der Waals surface area contributed by atoms with E-state index in [1.54, 1.807) is 11.8 Å². The van der Waals surface area contributed by atoms with E-state index in [1.165, 1.54) is 0 Å². The Balaban J connectivity index is 1.57. The average Bonchev–Trinajstić information content (AvgIpc) is 3.12. The monoisotopic (exact) mass is 401 g/mol. The van der Waals surface area contributed by atoms with E-state index in [2.05, 4.69) is 16.0 Å². The Morgan fingerprint density at radius 3 is 2.39 bits per heavy atom. The van der Waals surface area contributed by atoms with Crippen molar-refractivity contribution in [2.75, 3.05) is 0 Å². The lowest BCUT2D eigenvalue weighted by atomic mass is 10.1. The maximum Gasteiger partial charge on any atom is 0.149 e. The van der Waals surface area contributed by atoms with Crippen LogP contribution in [0.5, 0.6) is 0 Å². The molecule has 4 aromatic rings. The summed E-state index contributed by atoms with van der Waals surface area (Å²) in [4.78, 5) is 10.0. The lowest BCUT2D eigenvalue weighted by Gasteiger charge is -2.03. The Kier molecular flexibility index (Phi) is 5.21. The van der Waals surface area contributed by atoms with E-state index in [-0.39, 0.29) is 0 Å². The predicted octanol–water partition coefficient (Wildman–Crippen LogP) is 6.74. The largest absolute Gasteiger partial charge is 0.337 e. The van der Waals surface area contributed by atoms with Crippen LogP contribution in [0.3, 0.4) is 0 Å². The van der Waals surface area contributed by atoms with Gasteiger partial charge < -0.3 is 4.98 Å². The molecule has 0 unspecified atom stereocenters. The third-order valence-corrected chi connectivity index (χ3v) is 5.52. The van der Waals surface area contributed by atoms with Gasteiger partial charge in [0.2, 0.25) is 0 Å². The van der Waals surface area contributed by atoms with Crippen LogP contribution in [0.2, 0.25) is 5.02 Å². The molecule has 0 radical (unpaired) electrons.